The third-order valence-electron chi connectivity index (χ3n) is 1.34. The van der Waals surface area contributed by atoms with E-state index in [2.05, 4.69) is 5.10 Å². The lowest BCUT2D eigenvalue weighted by atomic mass is 10.4. The average Bonchev–Trinajstić information content (AvgIpc) is 2.07. The highest BCUT2D eigenvalue weighted by atomic mass is 35.5. The molecule has 0 aliphatic heterocycles. The second kappa shape index (κ2) is 2.54. The first kappa shape index (κ1) is 8.07. The summed E-state index contributed by atoms with van der Waals surface area (Å²) < 4.78 is 1.19. The highest BCUT2D eigenvalue weighted by molar-refractivity contribution is 6.33. The second-order valence-electron chi connectivity index (χ2n) is 2.16. The molecule has 1 rings (SSSR count). The molecule has 0 aromatic carbocycles. The van der Waals surface area contributed by atoms with Gasteiger partial charge < -0.3 is 9.90 Å². The highest BCUT2D eigenvalue weighted by Crippen LogP contribution is 2.17. The van der Waals surface area contributed by atoms with Crippen molar-refractivity contribution in [2.45, 2.75) is 6.92 Å². The molecule has 5 heteroatoms. The summed E-state index contributed by atoms with van der Waals surface area (Å²) in [5.41, 5.74) is 0.414. The maximum absolute atomic E-state index is 10.4. The minimum Gasteiger partial charge on any atom is -0.543 e. The molecule has 0 fully saturated rings. The lowest BCUT2D eigenvalue weighted by Crippen LogP contribution is -2.25. The Morgan fingerprint density at radius 1 is 1.73 bits per heavy atom. The molecule has 0 saturated carbocycles. The Bertz CT molecular complexity index is 306. The van der Waals surface area contributed by atoms with Crippen molar-refractivity contribution >= 4 is 17.6 Å². The number of carbonyl (C=O) groups is 1. The quantitative estimate of drug-likeness (QED) is 0.588. The molecule has 0 spiro atoms. The summed E-state index contributed by atoms with van der Waals surface area (Å²) in [7, 11) is 1.50. The van der Waals surface area contributed by atoms with Gasteiger partial charge in [-0.25, -0.2) is 0 Å². The highest BCUT2D eigenvalue weighted by Gasteiger charge is 2.10. The van der Waals surface area contributed by atoms with Crippen molar-refractivity contribution < 1.29 is 9.90 Å². The lowest BCUT2D eigenvalue weighted by molar-refractivity contribution is -0.255. The van der Waals surface area contributed by atoms with Gasteiger partial charge in [-0.2, -0.15) is 5.10 Å². The smallest absolute Gasteiger partial charge is 0.102 e. The van der Waals surface area contributed by atoms with E-state index >= 15 is 0 Å². The Balaban J connectivity index is 3.34. The summed E-state index contributed by atoms with van der Waals surface area (Å²) >= 11 is 5.60. The van der Waals surface area contributed by atoms with Crippen LogP contribution >= 0.6 is 11.6 Å². The summed E-state index contributed by atoms with van der Waals surface area (Å²) in [5, 5.41) is 14.3. The molecule has 1 heterocycles. The van der Waals surface area contributed by atoms with Crippen LogP contribution < -0.4 is 5.11 Å². The number of carbonyl (C=O) groups excluding carboxylic acids is 1. The van der Waals surface area contributed by atoms with Crippen LogP contribution in [-0.4, -0.2) is 15.7 Å². The van der Waals surface area contributed by atoms with E-state index in [0.717, 1.165) is 0 Å². The van der Waals surface area contributed by atoms with Crippen LogP contribution in [0.2, 0.25) is 5.02 Å². The number of carboxylic acids is 1. The topological polar surface area (TPSA) is 58.0 Å². The van der Waals surface area contributed by atoms with E-state index in [-0.39, 0.29) is 10.7 Å². The fourth-order valence-corrected chi connectivity index (χ4v) is 1.09. The van der Waals surface area contributed by atoms with E-state index in [1.165, 1.54) is 11.7 Å². The average molecular weight is 174 g/mol. The van der Waals surface area contributed by atoms with Crippen LogP contribution in [0.4, 0.5) is 0 Å². The standard InChI is InChI=1S/C6H7ClN2O2/c1-3-4(7)5(6(10)11)9(2)8-3/h1-2H3,(H,10,11)/p-1. The molecule has 0 atom stereocenters. The number of aromatic carboxylic acids is 1. The number of halogens is 1. The van der Waals surface area contributed by atoms with Gasteiger partial charge in [-0.3, -0.25) is 4.68 Å². The van der Waals surface area contributed by atoms with Crippen molar-refractivity contribution in [1.29, 1.82) is 0 Å². The van der Waals surface area contributed by atoms with Gasteiger partial charge in [0.15, 0.2) is 0 Å². The van der Waals surface area contributed by atoms with Gasteiger partial charge in [-0.05, 0) is 6.92 Å². The molecule has 0 aliphatic rings. The molecule has 0 saturated heterocycles. The zero-order chi connectivity index (χ0) is 8.59. The van der Waals surface area contributed by atoms with Gasteiger partial charge in [-0.15, -0.1) is 0 Å². The molecule has 0 amide bonds. The Kier molecular flexibility index (Phi) is 1.87. The zero-order valence-electron chi connectivity index (χ0n) is 6.09. The first-order chi connectivity index (χ1) is 5.04. The molecule has 0 aliphatic carbocycles. The third kappa shape index (κ3) is 1.21. The molecule has 4 nitrogen and oxygen atoms in total. The summed E-state index contributed by atoms with van der Waals surface area (Å²) in [6, 6.07) is 0. The number of nitrogens with zero attached hydrogens (tertiary/aromatic N) is 2. The Labute approximate surface area is 68.4 Å². The van der Waals surface area contributed by atoms with E-state index in [0.29, 0.717) is 5.69 Å². The lowest BCUT2D eigenvalue weighted by Gasteiger charge is -2.01. The molecule has 1 aromatic rings. The molecular weight excluding hydrogens is 168 g/mol. The summed E-state index contributed by atoms with van der Waals surface area (Å²) in [6.07, 6.45) is 0. The van der Waals surface area contributed by atoms with Crippen LogP contribution in [0.5, 0.6) is 0 Å². The predicted molar refractivity (Wildman–Crippen MR) is 37.3 cm³/mol. The SMILES string of the molecule is Cc1nn(C)c(C(=O)[O-])c1Cl. The molecule has 0 radical (unpaired) electrons. The van der Waals surface area contributed by atoms with Gasteiger partial charge >= 0.3 is 0 Å². The van der Waals surface area contributed by atoms with Crippen molar-refractivity contribution in [1.82, 2.24) is 9.78 Å². The number of hydrogen-bond donors (Lipinski definition) is 0. The van der Waals surface area contributed by atoms with Crippen LogP contribution in [0.1, 0.15) is 16.2 Å². The van der Waals surface area contributed by atoms with E-state index in [4.69, 9.17) is 11.6 Å². The maximum Gasteiger partial charge on any atom is 0.102 e. The van der Waals surface area contributed by atoms with Crippen LogP contribution in [0, 0.1) is 6.92 Å². The van der Waals surface area contributed by atoms with Crippen molar-refractivity contribution in [2.75, 3.05) is 0 Å². The third-order valence-corrected chi connectivity index (χ3v) is 1.80. The number of rotatable bonds is 1. The van der Waals surface area contributed by atoms with Gasteiger partial charge in [0.1, 0.15) is 5.69 Å². The zero-order valence-corrected chi connectivity index (χ0v) is 6.84. The number of carboxylic acid groups (broad SMARTS) is 1. The van der Waals surface area contributed by atoms with Gasteiger partial charge in [0, 0.05) is 7.05 Å². The fraction of sp³-hybridized carbons (Fsp3) is 0.333. The normalized spacial score (nSPS) is 10.1. The Hall–Kier alpha value is -1.03. The van der Waals surface area contributed by atoms with E-state index < -0.39 is 5.97 Å². The number of hydrogen-bond acceptors (Lipinski definition) is 3. The van der Waals surface area contributed by atoms with Gasteiger partial charge in [0.2, 0.25) is 0 Å². The van der Waals surface area contributed by atoms with Gasteiger partial charge in [0.25, 0.3) is 0 Å². The first-order valence-corrected chi connectivity index (χ1v) is 3.32. The van der Waals surface area contributed by atoms with E-state index in [1.54, 1.807) is 6.92 Å². The summed E-state index contributed by atoms with van der Waals surface area (Å²) in [5.74, 6) is -1.31. The van der Waals surface area contributed by atoms with Crippen molar-refractivity contribution in [3.63, 3.8) is 0 Å². The largest absolute Gasteiger partial charge is 0.543 e. The van der Waals surface area contributed by atoms with E-state index in [1.807, 2.05) is 0 Å². The summed E-state index contributed by atoms with van der Waals surface area (Å²) in [6.45, 7) is 1.63. The molecule has 0 unspecified atom stereocenters. The van der Waals surface area contributed by atoms with Crippen LogP contribution in [-0.2, 0) is 7.05 Å². The monoisotopic (exact) mass is 173 g/mol. The molecule has 0 bridgehead atoms. The minimum absolute atomic E-state index is 0.0795. The molecule has 60 valence electrons. The van der Waals surface area contributed by atoms with Gasteiger partial charge in [-0.1, -0.05) is 11.6 Å². The molecule has 11 heavy (non-hydrogen) atoms. The van der Waals surface area contributed by atoms with Crippen LogP contribution in [0.3, 0.4) is 0 Å². The summed E-state index contributed by atoms with van der Waals surface area (Å²) in [4.78, 5) is 10.4. The fourth-order valence-electron chi connectivity index (χ4n) is 0.854. The van der Waals surface area contributed by atoms with Crippen LogP contribution in [0.15, 0.2) is 0 Å². The van der Waals surface area contributed by atoms with Crippen LogP contribution in [0.25, 0.3) is 0 Å². The van der Waals surface area contributed by atoms with Gasteiger partial charge in [0.05, 0.1) is 16.7 Å². The second-order valence-corrected chi connectivity index (χ2v) is 2.54. The minimum atomic E-state index is -1.31. The number of aryl methyl sites for hydroxylation is 2. The molecule has 0 N–H and O–H groups in total. The molecule has 1 aromatic heterocycles. The maximum atomic E-state index is 10.4. The predicted octanol–water partition coefficient (Wildman–Crippen LogP) is -0.255. The van der Waals surface area contributed by atoms with Crippen molar-refractivity contribution in [2.24, 2.45) is 7.05 Å². The van der Waals surface area contributed by atoms with Crippen molar-refractivity contribution in [3.8, 4) is 0 Å². The molecular formula is C6H6ClN2O2-. The number of aromatic nitrogens is 2. The van der Waals surface area contributed by atoms with E-state index in [9.17, 15) is 9.90 Å². The Morgan fingerprint density at radius 3 is 2.45 bits per heavy atom. The van der Waals surface area contributed by atoms with Crippen molar-refractivity contribution in [3.05, 3.63) is 16.4 Å². The first-order valence-electron chi connectivity index (χ1n) is 2.94. The Morgan fingerprint density at radius 2 is 2.27 bits per heavy atom.